The van der Waals surface area contributed by atoms with Crippen molar-refractivity contribution in [2.75, 3.05) is 13.7 Å². The Labute approximate surface area is 105 Å². The van der Waals surface area contributed by atoms with Crippen LogP contribution in [0.1, 0.15) is 12.0 Å². The Balaban J connectivity index is 2.58. The van der Waals surface area contributed by atoms with Crippen LogP contribution in [0.3, 0.4) is 0 Å². The predicted octanol–water partition coefficient (Wildman–Crippen LogP) is 1.95. The molecular formula is C12H15ClFNO2. The third kappa shape index (κ3) is 4.42. The molecule has 17 heavy (non-hydrogen) atoms. The highest BCUT2D eigenvalue weighted by atomic mass is 35.5. The van der Waals surface area contributed by atoms with E-state index in [1.807, 2.05) is 0 Å². The van der Waals surface area contributed by atoms with Crippen LogP contribution in [0.4, 0.5) is 4.39 Å². The van der Waals surface area contributed by atoms with E-state index in [1.165, 1.54) is 18.2 Å². The summed E-state index contributed by atoms with van der Waals surface area (Å²) < 4.78 is 17.7. The lowest BCUT2D eigenvalue weighted by molar-refractivity contribution is -0.120. The molecule has 1 rings (SSSR count). The lowest BCUT2D eigenvalue weighted by Crippen LogP contribution is -2.32. The Morgan fingerprint density at radius 2 is 2.29 bits per heavy atom. The van der Waals surface area contributed by atoms with Gasteiger partial charge in [-0.05, 0) is 24.1 Å². The monoisotopic (exact) mass is 259 g/mol. The van der Waals surface area contributed by atoms with E-state index < -0.39 is 11.9 Å². The van der Waals surface area contributed by atoms with Crippen LogP contribution in [-0.2, 0) is 16.0 Å². The molecule has 0 spiro atoms. The molecule has 5 heteroatoms. The number of benzene rings is 1. The Morgan fingerprint density at radius 3 is 2.88 bits per heavy atom. The van der Waals surface area contributed by atoms with Gasteiger partial charge in [0, 0.05) is 20.1 Å². The second-order valence-electron chi connectivity index (χ2n) is 3.78. The predicted molar refractivity (Wildman–Crippen MR) is 64.6 cm³/mol. The zero-order valence-electron chi connectivity index (χ0n) is 9.58. The van der Waals surface area contributed by atoms with Crippen molar-refractivity contribution in [2.24, 2.45) is 5.73 Å². The van der Waals surface area contributed by atoms with Gasteiger partial charge in [0.15, 0.2) is 5.78 Å². The largest absolute Gasteiger partial charge is 0.385 e. The van der Waals surface area contributed by atoms with Crippen molar-refractivity contribution in [2.45, 2.75) is 18.9 Å². The van der Waals surface area contributed by atoms with Gasteiger partial charge < -0.3 is 10.5 Å². The van der Waals surface area contributed by atoms with E-state index in [4.69, 9.17) is 22.1 Å². The second-order valence-corrected chi connectivity index (χ2v) is 4.19. The third-order valence-corrected chi connectivity index (χ3v) is 2.70. The van der Waals surface area contributed by atoms with E-state index in [9.17, 15) is 9.18 Å². The quantitative estimate of drug-likeness (QED) is 0.850. The summed E-state index contributed by atoms with van der Waals surface area (Å²) in [7, 11) is 1.55. The van der Waals surface area contributed by atoms with Crippen molar-refractivity contribution in [3.8, 4) is 0 Å². The van der Waals surface area contributed by atoms with Crippen LogP contribution < -0.4 is 5.73 Å². The molecular weight excluding hydrogens is 245 g/mol. The molecule has 1 aromatic carbocycles. The molecule has 2 N–H and O–H groups in total. The topological polar surface area (TPSA) is 52.3 Å². The van der Waals surface area contributed by atoms with Gasteiger partial charge in [0.25, 0.3) is 0 Å². The Bertz CT molecular complexity index is 398. The number of methoxy groups -OCH3 is 1. The average Bonchev–Trinajstić information content (AvgIpc) is 2.30. The van der Waals surface area contributed by atoms with Gasteiger partial charge >= 0.3 is 0 Å². The molecule has 94 valence electrons. The van der Waals surface area contributed by atoms with Crippen LogP contribution in [-0.4, -0.2) is 25.5 Å². The molecule has 0 heterocycles. The molecule has 0 bridgehead atoms. The zero-order valence-corrected chi connectivity index (χ0v) is 10.3. The molecule has 1 aromatic rings. The summed E-state index contributed by atoms with van der Waals surface area (Å²) in [6, 6.07) is 3.66. The summed E-state index contributed by atoms with van der Waals surface area (Å²) in [4.78, 5) is 11.7. The molecule has 3 nitrogen and oxygen atoms in total. The van der Waals surface area contributed by atoms with Crippen molar-refractivity contribution >= 4 is 17.4 Å². The number of rotatable bonds is 6. The first-order valence-corrected chi connectivity index (χ1v) is 5.63. The summed E-state index contributed by atoms with van der Waals surface area (Å²) in [5.41, 5.74) is 6.34. The van der Waals surface area contributed by atoms with Crippen molar-refractivity contribution in [1.29, 1.82) is 0 Å². The van der Waals surface area contributed by atoms with E-state index in [1.54, 1.807) is 7.11 Å². The molecule has 0 saturated carbocycles. The fourth-order valence-electron chi connectivity index (χ4n) is 1.39. The van der Waals surface area contributed by atoms with E-state index >= 15 is 0 Å². The Hall–Kier alpha value is -0.970. The van der Waals surface area contributed by atoms with Crippen LogP contribution >= 0.6 is 11.6 Å². The summed E-state index contributed by atoms with van der Waals surface area (Å²) in [5, 5.41) is 0.0146. The standard InChI is InChI=1S/C12H15ClFNO2/c1-17-5-4-11(15)12(16)7-8-2-3-10(14)9(13)6-8/h2-3,6,11H,4-5,7,15H2,1H3. The van der Waals surface area contributed by atoms with Gasteiger partial charge in [-0.25, -0.2) is 4.39 Å². The average molecular weight is 260 g/mol. The normalized spacial score (nSPS) is 12.5. The molecule has 0 saturated heterocycles. The summed E-state index contributed by atoms with van der Waals surface area (Å²) >= 11 is 5.62. The molecule has 0 aliphatic heterocycles. The minimum Gasteiger partial charge on any atom is -0.385 e. The van der Waals surface area contributed by atoms with Crippen LogP contribution in [0.5, 0.6) is 0 Å². The first-order valence-electron chi connectivity index (χ1n) is 5.25. The molecule has 0 aromatic heterocycles. The molecule has 0 radical (unpaired) electrons. The lowest BCUT2D eigenvalue weighted by atomic mass is 10.0. The smallest absolute Gasteiger partial charge is 0.153 e. The molecule has 0 aliphatic rings. The number of halogens is 2. The van der Waals surface area contributed by atoms with Crippen LogP contribution in [0.25, 0.3) is 0 Å². The molecule has 0 fully saturated rings. The molecule has 0 amide bonds. The highest BCUT2D eigenvalue weighted by molar-refractivity contribution is 6.30. The van der Waals surface area contributed by atoms with Gasteiger partial charge in [-0.2, -0.15) is 0 Å². The van der Waals surface area contributed by atoms with Crippen molar-refractivity contribution < 1.29 is 13.9 Å². The number of hydrogen-bond acceptors (Lipinski definition) is 3. The number of carbonyl (C=O) groups is 1. The van der Waals surface area contributed by atoms with Gasteiger partial charge in [-0.1, -0.05) is 17.7 Å². The maximum Gasteiger partial charge on any atom is 0.153 e. The van der Waals surface area contributed by atoms with E-state index in [-0.39, 0.29) is 17.2 Å². The van der Waals surface area contributed by atoms with Crippen molar-refractivity contribution in [1.82, 2.24) is 0 Å². The molecule has 1 unspecified atom stereocenters. The maximum absolute atomic E-state index is 12.9. The van der Waals surface area contributed by atoms with Gasteiger partial charge in [0.2, 0.25) is 0 Å². The first-order chi connectivity index (χ1) is 8.04. The van der Waals surface area contributed by atoms with Crippen LogP contribution in [0, 0.1) is 5.82 Å². The minimum atomic E-state index is -0.557. The third-order valence-electron chi connectivity index (χ3n) is 2.41. The highest BCUT2D eigenvalue weighted by Gasteiger charge is 2.14. The Morgan fingerprint density at radius 1 is 1.59 bits per heavy atom. The van der Waals surface area contributed by atoms with Crippen molar-refractivity contribution in [3.63, 3.8) is 0 Å². The first kappa shape index (κ1) is 14.1. The summed E-state index contributed by atoms with van der Waals surface area (Å²) in [6.45, 7) is 0.442. The minimum absolute atomic E-state index is 0.0146. The van der Waals surface area contributed by atoms with Crippen LogP contribution in [0.2, 0.25) is 5.02 Å². The summed E-state index contributed by atoms with van der Waals surface area (Å²) in [6.07, 6.45) is 0.634. The lowest BCUT2D eigenvalue weighted by Gasteiger charge is -2.10. The molecule has 0 aliphatic carbocycles. The number of Topliss-reactive ketones (excluding diaryl/α,β-unsaturated/α-hetero) is 1. The number of ketones is 1. The van der Waals surface area contributed by atoms with Crippen molar-refractivity contribution in [3.05, 3.63) is 34.6 Å². The van der Waals surface area contributed by atoms with Gasteiger partial charge in [0.1, 0.15) is 5.82 Å². The number of hydrogen-bond donors (Lipinski definition) is 1. The summed E-state index contributed by atoms with van der Waals surface area (Å²) in [5.74, 6) is -0.601. The number of carbonyl (C=O) groups excluding carboxylic acids is 1. The highest BCUT2D eigenvalue weighted by Crippen LogP contribution is 2.16. The zero-order chi connectivity index (χ0) is 12.8. The van der Waals surface area contributed by atoms with Crippen LogP contribution in [0.15, 0.2) is 18.2 Å². The fourth-order valence-corrected chi connectivity index (χ4v) is 1.59. The van der Waals surface area contributed by atoms with Gasteiger partial charge in [-0.3, -0.25) is 4.79 Å². The number of nitrogens with two attached hydrogens (primary N) is 1. The SMILES string of the molecule is COCCC(N)C(=O)Cc1ccc(F)c(Cl)c1. The van der Waals surface area contributed by atoms with E-state index in [0.717, 1.165) is 0 Å². The Kier molecular flexibility index (Phi) is 5.55. The van der Waals surface area contributed by atoms with Gasteiger partial charge in [-0.15, -0.1) is 0 Å². The van der Waals surface area contributed by atoms with Gasteiger partial charge in [0.05, 0.1) is 11.1 Å². The second kappa shape index (κ2) is 6.69. The van der Waals surface area contributed by atoms with E-state index in [2.05, 4.69) is 0 Å². The molecule has 1 atom stereocenters. The van der Waals surface area contributed by atoms with E-state index in [0.29, 0.717) is 18.6 Å². The maximum atomic E-state index is 12.9. The fraction of sp³-hybridized carbons (Fsp3) is 0.417. The number of ether oxygens (including phenoxy) is 1.